The largest absolute Gasteiger partial charge is 0.481 e. The van der Waals surface area contributed by atoms with Crippen molar-refractivity contribution >= 4 is 40.9 Å². The topological polar surface area (TPSA) is 144 Å². The predicted molar refractivity (Wildman–Crippen MR) is 141 cm³/mol. The number of anilines is 2. The van der Waals surface area contributed by atoms with Crippen molar-refractivity contribution in [1.29, 1.82) is 0 Å². The Labute approximate surface area is 224 Å². The van der Waals surface area contributed by atoms with Crippen LogP contribution in [0.5, 0.6) is 0 Å². The van der Waals surface area contributed by atoms with E-state index in [1.54, 1.807) is 57.2 Å². The molecule has 1 aliphatic carbocycles. The number of pyridine rings is 1. The number of carboxylic acid groups (broad SMARTS) is 1. The molecule has 2 aromatic heterocycles. The van der Waals surface area contributed by atoms with Crippen molar-refractivity contribution in [3.05, 3.63) is 58.4 Å². The number of nitrogens with zero attached hydrogens (tertiary/aromatic N) is 2. The van der Waals surface area contributed by atoms with Crippen LogP contribution in [0.3, 0.4) is 0 Å². The lowest BCUT2D eigenvalue weighted by Crippen LogP contribution is -2.36. The fraction of sp³-hybridized carbons (Fsp3) is 0.370. The van der Waals surface area contributed by atoms with Gasteiger partial charge in [0.1, 0.15) is 23.2 Å². The number of amides is 2. The fourth-order valence-corrected chi connectivity index (χ4v) is 4.93. The van der Waals surface area contributed by atoms with Crippen molar-refractivity contribution in [1.82, 2.24) is 10.1 Å². The number of carbonyl (C=O) groups is 3. The minimum absolute atomic E-state index is 0.226. The lowest BCUT2D eigenvalue weighted by atomic mass is 9.78. The molecule has 0 spiro atoms. The number of ether oxygens (including phenoxy) is 1. The maximum Gasteiger partial charge on any atom is 0.412 e. The molecule has 0 aliphatic heterocycles. The van der Waals surface area contributed by atoms with Gasteiger partial charge in [-0.05, 0) is 51.8 Å². The van der Waals surface area contributed by atoms with Gasteiger partial charge in [-0.1, -0.05) is 47.8 Å². The Kier molecular flexibility index (Phi) is 8.31. The molecule has 0 bridgehead atoms. The number of nitrogens with one attached hydrogen (secondary N) is 2. The van der Waals surface area contributed by atoms with Crippen LogP contribution in [0.15, 0.2) is 40.9 Å². The zero-order chi connectivity index (χ0) is 27.4. The van der Waals surface area contributed by atoms with Crippen LogP contribution in [0.1, 0.15) is 55.7 Å². The second-order valence-electron chi connectivity index (χ2n) is 9.32. The molecule has 2 amide bonds. The van der Waals surface area contributed by atoms with Gasteiger partial charge >= 0.3 is 12.1 Å². The van der Waals surface area contributed by atoms with Gasteiger partial charge in [0, 0.05) is 10.6 Å². The number of hydrogen-bond acceptors (Lipinski definition) is 7. The monoisotopic (exact) mass is 540 g/mol. The molecule has 10 nitrogen and oxygen atoms in total. The molecule has 0 saturated heterocycles. The summed E-state index contributed by atoms with van der Waals surface area (Å²) in [6.45, 7) is 5.10. The second kappa shape index (κ2) is 11.6. The first-order valence-electron chi connectivity index (χ1n) is 12.4. The Morgan fingerprint density at radius 1 is 1.05 bits per heavy atom. The summed E-state index contributed by atoms with van der Waals surface area (Å²) in [6, 6.07) is 10.4. The fourth-order valence-electron chi connectivity index (χ4n) is 4.64. The van der Waals surface area contributed by atoms with Gasteiger partial charge in [-0.15, -0.1) is 0 Å². The number of carbonyl (C=O) groups excluding carboxylic acids is 2. The van der Waals surface area contributed by atoms with Crippen LogP contribution in [-0.4, -0.2) is 33.2 Å². The van der Waals surface area contributed by atoms with Crippen LogP contribution < -0.4 is 10.6 Å². The van der Waals surface area contributed by atoms with Crippen LogP contribution in [0.2, 0.25) is 5.02 Å². The summed E-state index contributed by atoms with van der Waals surface area (Å²) in [5.74, 6) is -2.34. The Bertz CT molecular complexity index is 1360. The minimum atomic E-state index is -0.949. The summed E-state index contributed by atoms with van der Waals surface area (Å²) in [6.07, 6.45) is 1.33. The van der Waals surface area contributed by atoms with Crippen LogP contribution >= 0.6 is 11.6 Å². The number of aromatic nitrogens is 2. The van der Waals surface area contributed by atoms with Crippen molar-refractivity contribution in [2.75, 3.05) is 10.6 Å². The molecule has 200 valence electrons. The van der Waals surface area contributed by atoms with E-state index in [9.17, 15) is 19.5 Å². The van der Waals surface area contributed by atoms with E-state index in [-0.39, 0.29) is 11.7 Å². The zero-order valence-corrected chi connectivity index (χ0v) is 22.0. The van der Waals surface area contributed by atoms with E-state index >= 15 is 0 Å². The molecule has 0 radical (unpaired) electrons. The van der Waals surface area contributed by atoms with E-state index in [4.69, 9.17) is 20.9 Å². The van der Waals surface area contributed by atoms with E-state index < -0.39 is 30.0 Å². The van der Waals surface area contributed by atoms with Gasteiger partial charge in [-0.25, -0.2) is 9.78 Å². The van der Waals surface area contributed by atoms with Gasteiger partial charge in [0.2, 0.25) is 11.7 Å². The minimum Gasteiger partial charge on any atom is -0.481 e. The number of aryl methyl sites for hydroxylation is 2. The van der Waals surface area contributed by atoms with Gasteiger partial charge in [0.15, 0.2) is 0 Å². The summed E-state index contributed by atoms with van der Waals surface area (Å²) in [7, 11) is 0. The molecule has 1 aliphatic rings. The third-order valence-electron chi connectivity index (χ3n) is 6.71. The highest BCUT2D eigenvalue weighted by molar-refractivity contribution is 6.31. The number of aliphatic carboxylic acids is 1. The Morgan fingerprint density at radius 2 is 1.76 bits per heavy atom. The summed E-state index contributed by atoms with van der Waals surface area (Å²) >= 11 is 6.20. The SMILES string of the molecule is Cc1nc(-c2onc(C)c2NC(=O)OC(C)c2ccccc2Cl)ccc1NC(=O)[C@H]1CCCC[C@H]1C(=O)O. The molecule has 1 unspecified atom stereocenters. The number of rotatable bonds is 7. The highest BCUT2D eigenvalue weighted by Gasteiger charge is 2.36. The van der Waals surface area contributed by atoms with E-state index in [0.717, 1.165) is 12.8 Å². The molecule has 1 fully saturated rings. The third-order valence-corrected chi connectivity index (χ3v) is 7.06. The number of benzene rings is 1. The molecular formula is C27H29ClN4O6. The summed E-state index contributed by atoms with van der Waals surface area (Å²) in [5.41, 5.74) is 2.74. The van der Waals surface area contributed by atoms with E-state index in [2.05, 4.69) is 20.8 Å². The smallest absolute Gasteiger partial charge is 0.412 e. The molecule has 3 N–H and O–H groups in total. The predicted octanol–water partition coefficient (Wildman–Crippen LogP) is 6.15. The van der Waals surface area contributed by atoms with Crippen LogP contribution in [0.25, 0.3) is 11.5 Å². The first-order chi connectivity index (χ1) is 18.2. The van der Waals surface area contributed by atoms with Gasteiger partial charge in [0.05, 0.1) is 23.2 Å². The molecule has 4 rings (SSSR count). The average Bonchev–Trinajstić information content (AvgIpc) is 3.24. The molecule has 11 heteroatoms. The number of halogens is 1. The maximum atomic E-state index is 12.9. The Balaban J connectivity index is 1.47. The maximum absolute atomic E-state index is 12.9. The second-order valence-corrected chi connectivity index (χ2v) is 9.73. The highest BCUT2D eigenvalue weighted by Crippen LogP contribution is 2.34. The highest BCUT2D eigenvalue weighted by atomic mass is 35.5. The standard InChI is InChI=1S/C27H29ClN4O6/c1-14-21(30-25(33)18-9-4-5-10-19(18)26(34)35)12-13-22(29-14)24-23(15(2)32-38-24)31-27(36)37-16(3)17-8-6-7-11-20(17)28/h6-8,11-13,16,18-19H,4-5,9-10H2,1-3H3,(H,30,33)(H,31,36)(H,34,35)/t16?,18-,19+/m0/s1. The Hall–Kier alpha value is -3.92. The van der Waals surface area contributed by atoms with Crippen molar-refractivity contribution in [2.24, 2.45) is 11.8 Å². The normalized spacial score (nSPS) is 17.9. The van der Waals surface area contributed by atoms with Crippen molar-refractivity contribution in [3.63, 3.8) is 0 Å². The van der Waals surface area contributed by atoms with Crippen molar-refractivity contribution < 1.29 is 28.8 Å². The van der Waals surface area contributed by atoms with Crippen LogP contribution in [0, 0.1) is 25.7 Å². The summed E-state index contributed by atoms with van der Waals surface area (Å²) in [4.78, 5) is 41.6. The van der Waals surface area contributed by atoms with Gasteiger partial charge in [-0.2, -0.15) is 0 Å². The first kappa shape index (κ1) is 27.1. The molecule has 1 aromatic carbocycles. The van der Waals surface area contributed by atoms with E-state index in [0.29, 0.717) is 51.9 Å². The summed E-state index contributed by atoms with van der Waals surface area (Å²) < 4.78 is 10.9. The van der Waals surface area contributed by atoms with E-state index in [1.807, 2.05) is 0 Å². The van der Waals surface area contributed by atoms with Crippen molar-refractivity contribution in [3.8, 4) is 11.5 Å². The molecular weight excluding hydrogens is 512 g/mol. The lowest BCUT2D eigenvalue weighted by molar-refractivity contribution is -0.147. The van der Waals surface area contributed by atoms with E-state index in [1.165, 1.54) is 0 Å². The molecule has 38 heavy (non-hydrogen) atoms. The van der Waals surface area contributed by atoms with Crippen molar-refractivity contribution in [2.45, 2.75) is 52.6 Å². The lowest BCUT2D eigenvalue weighted by Gasteiger charge is -2.27. The molecule has 3 aromatic rings. The zero-order valence-electron chi connectivity index (χ0n) is 21.3. The third kappa shape index (κ3) is 5.96. The summed E-state index contributed by atoms with van der Waals surface area (Å²) in [5, 5.41) is 19.4. The molecule has 1 saturated carbocycles. The number of carboxylic acids is 1. The molecule has 3 atom stereocenters. The first-order valence-corrected chi connectivity index (χ1v) is 12.7. The Morgan fingerprint density at radius 3 is 2.45 bits per heavy atom. The molecule has 2 heterocycles. The van der Waals surface area contributed by atoms with Gasteiger partial charge in [-0.3, -0.25) is 14.9 Å². The van der Waals surface area contributed by atoms with Gasteiger partial charge in [0.25, 0.3) is 0 Å². The average molecular weight is 541 g/mol. The van der Waals surface area contributed by atoms with Crippen LogP contribution in [0.4, 0.5) is 16.2 Å². The number of hydrogen-bond donors (Lipinski definition) is 3. The quantitative estimate of drug-likeness (QED) is 0.324. The van der Waals surface area contributed by atoms with Gasteiger partial charge < -0.3 is 19.7 Å². The van der Waals surface area contributed by atoms with Crippen LogP contribution in [-0.2, 0) is 14.3 Å².